The molecule has 0 aliphatic carbocycles. The van der Waals surface area contributed by atoms with Crippen LogP contribution in [-0.2, 0) is 6.42 Å². The highest BCUT2D eigenvalue weighted by Crippen LogP contribution is 2.20. The summed E-state index contributed by atoms with van der Waals surface area (Å²) < 4.78 is 5.43. The third-order valence-corrected chi connectivity index (χ3v) is 4.45. The molecule has 0 spiro atoms. The first-order valence-electron chi connectivity index (χ1n) is 7.68. The number of hydrogen-bond acceptors (Lipinski definition) is 3. The summed E-state index contributed by atoms with van der Waals surface area (Å²) >= 11 is 0. The Morgan fingerprint density at radius 3 is 2.85 bits per heavy atom. The lowest BCUT2D eigenvalue weighted by atomic mass is 9.97. The Hall–Kier alpha value is -1.06. The molecule has 0 aromatic heterocycles. The third-order valence-electron chi connectivity index (χ3n) is 4.45. The van der Waals surface area contributed by atoms with Gasteiger partial charge in [-0.1, -0.05) is 18.2 Å². The van der Waals surface area contributed by atoms with Gasteiger partial charge in [-0.15, -0.1) is 0 Å². The van der Waals surface area contributed by atoms with Gasteiger partial charge in [0.1, 0.15) is 5.75 Å². The number of likely N-dealkylation sites (tertiary alicyclic amines) is 1. The quantitative estimate of drug-likeness (QED) is 0.895. The van der Waals surface area contributed by atoms with Crippen LogP contribution in [0.3, 0.4) is 0 Å². The number of piperidine rings is 1. The Kier molecular flexibility index (Phi) is 5.44. The Labute approximate surface area is 123 Å². The maximum atomic E-state index is 5.43. The Morgan fingerprint density at radius 2 is 2.15 bits per heavy atom. The molecular formula is C17H28N2O. The highest BCUT2D eigenvalue weighted by molar-refractivity contribution is 5.33. The van der Waals surface area contributed by atoms with E-state index in [4.69, 9.17) is 4.74 Å². The number of methoxy groups -OCH3 is 1. The number of benzene rings is 1. The van der Waals surface area contributed by atoms with Crippen LogP contribution in [0.5, 0.6) is 5.75 Å². The van der Waals surface area contributed by atoms with Gasteiger partial charge in [-0.05, 0) is 58.3 Å². The standard InChI is InChI=1S/C17H28N2O/c1-13(11-15-7-5-6-8-17(15)20-4)18-16-9-10-19(3)14(2)12-16/h5-8,13-14,16,18H,9-12H2,1-4H3. The van der Waals surface area contributed by atoms with Crippen LogP contribution in [0, 0.1) is 0 Å². The molecule has 0 amide bonds. The van der Waals surface area contributed by atoms with Crippen LogP contribution in [0.25, 0.3) is 0 Å². The maximum absolute atomic E-state index is 5.43. The smallest absolute Gasteiger partial charge is 0.122 e. The van der Waals surface area contributed by atoms with Crippen LogP contribution in [0.1, 0.15) is 32.3 Å². The topological polar surface area (TPSA) is 24.5 Å². The summed E-state index contributed by atoms with van der Waals surface area (Å²) in [6.45, 7) is 5.79. The third kappa shape index (κ3) is 3.97. The van der Waals surface area contributed by atoms with Gasteiger partial charge in [0, 0.05) is 18.1 Å². The van der Waals surface area contributed by atoms with E-state index < -0.39 is 0 Å². The lowest BCUT2D eigenvalue weighted by Crippen LogP contribution is -2.48. The van der Waals surface area contributed by atoms with Crippen molar-refractivity contribution in [3.63, 3.8) is 0 Å². The molecular weight excluding hydrogens is 248 g/mol. The number of ether oxygens (including phenoxy) is 1. The van der Waals surface area contributed by atoms with Crippen molar-refractivity contribution >= 4 is 0 Å². The molecule has 0 radical (unpaired) electrons. The van der Waals surface area contributed by atoms with Crippen LogP contribution < -0.4 is 10.1 Å². The highest BCUT2D eigenvalue weighted by atomic mass is 16.5. The average molecular weight is 276 g/mol. The fourth-order valence-electron chi connectivity index (χ4n) is 3.10. The normalized spacial score (nSPS) is 25.4. The lowest BCUT2D eigenvalue weighted by Gasteiger charge is -2.36. The van der Waals surface area contributed by atoms with Gasteiger partial charge in [-0.3, -0.25) is 0 Å². The van der Waals surface area contributed by atoms with Crippen LogP contribution in [0.4, 0.5) is 0 Å². The molecule has 0 saturated carbocycles. The zero-order chi connectivity index (χ0) is 14.5. The van der Waals surface area contributed by atoms with Crippen molar-refractivity contribution in [2.75, 3.05) is 20.7 Å². The van der Waals surface area contributed by atoms with Crippen molar-refractivity contribution in [3.8, 4) is 5.75 Å². The predicted octanol–water partition coefficient (Wildman–Crippen LogP) is 2.70. The van der Waals surface area contributed by atoms with Gasteiger partial charge in [-0.25, -0.2) is 0 Å². The van der Waals surface area contributed by atoms with Gasteiger partial charge in [0.15, 0.2) is 0 Å². The van der Waals surface area contributed by atoms with Gasteiger partial charge < -0.3 is 15.0 Å². The minimum absolute atomic E-state index is 0.479. The predicted molar refractivity (Wildman–Crippen MR) is 84.4 cm³/mol. The fraction of sp³-hybridized carbons (Fsp3) is 0.647. The minimum Gasteiger partial charge on any atom is -0.496 e. The molecule has 1 aromatic rings. The number of para-hydroxylation sites is 1. The molecule has 3 unspecified atom stereocenters. The molecule has 1 heterocycles. The monoisotopic (exact) mass is 276 g/mol. The largest absolute Gasteiger partial charge is 0.496 e. The number of nitrogens with zero attached hydrogens (tertiary/aromatic N) is 1. The number of hydrogen-bond donors (Lipinski definition) is 1. The van der Waals surface area contributed by atoms with E-state index >= 15 is 0 Å². The first kappa shape index (κ1) is 15.3. The Bertz CT molecular complexity index is 421. The molecule has 1 aromatic carbocycles. The summed E-state index contributed by atoms with van der Waals surface area (Å²) in [5.41, 5.74) is 1.29. The van der Waals surface area contributed by atoms with Crippen molar-refractivity contribution in [2.24, 2.45) is 0 Å². The lowest BCUT2D eigenvalue weighted by molar-refractivity contribution is 0.163. The van der Waals surface area contributed by atoms with E-state index in [1.165, 1.54) is 24.9 Å². The second kappa shape index (κ2) is 7.09. The van der Waals surface area contributed by atoms with Crippen molar-refractivity contribution in [1.29, 1.82) is 0 Å². The van der Waals surface area contributed by atoms with E-state index in [0.717, 1.165) is 12.2 Å². The van der Waals surface area contributed by atoms with E-state index in [1.807, 2.05) is 12.1 Å². The van der Waals surface area contributed by atoms with Crippen molar-refractivity contribution < 1.29 is 4.74 Å². The van der Waals surface area contributed by atoms with Crippen LogP contribution in [-0.4, -0.2) is 43.7 Å². The molecule has 1 aliphatic rings. The molecule has 3 heteroatoms. The molecule has 1 N–H and O–H groups in total. The van der Waals surface area contributed by atoms with Gasteiger partial charge in [0.25, 0.3) is 0 Å². The second-order valence-electron chi connectivity index (χ2n) is 6.13. The summed E-state index contributed by atoms with van der Waals surface area (Å²) in [6, 6.07) is 10.1. The van der Waals surface area contributed by atoms with Crippen molar-refractivity contribution in [3.05, 3.63) is 29.8 Å². The molecule has 0 bridgehead atoms. The zero-order valence-electron chi connectivity index (χ0n) is 13.2. The van der Waals surface area contributed by atoms with E-state index in [-0.39, 0.29) is 0 Å². The number of nitrogens with one attached hydrogen (secondary N) is 1. The van der Waals surface area contributed by atoms with Gasteiger partial charge in [0.05, 0.1) is 7.11 Å². The first-order chi connectivity index (χ1) is 9.60. The summed E-state index contributed by atoms with van der Waals surface area (Å²) in [7, 11) is 3.97. The van der Waals surface area contributed by atoms with E-state index in [2.05, 4.69) is 43.2 Å². The summed E-state index contributed by atoms with van der Waals surface area (Å²) in [5, 5.41) is 3.79. The second-order valence-corrected chi connectivity index (χ2v) is 6.13. The molecule has 3 nitrogen and oxygen atoms in total. The minimum atomic E-state index is 0.479. The molecule has 112 valence electrons. The average Bonchev–Trinajstić information content (AvgIpc) is 2.43. The van der Waals surface area contributed by atoms with Gasteiger partial charge in [-0.2, -0.15) is 0 Å². The van der Waals surface area contributed by atoms with E-state index in [0.29, 0.717) is 18.1 Å². The van der Waals surface area contributed by atoms with Crippen molar-refractivity contribution in [1.82, 2.24) is 10.2 Å². The molecule has 2 rings (SSSR count). The fourth-order valence-corrected chi connectivity index (χ4v) is 3.10. The van der Waals surface area contributed by atoms with Crippen LogP contribution >= 0.6 is 0 Å². The maximum Gasteiger partial charge on any atom is 0.122 e. The molecule has 20 heavy (non-hydrogen) atoms. The van der Waals surface area contributed by atoms with Crippen LogP contribution in [0.2, 0.25) is 0 Å². The SMILES string of the molecule is COc1ccccc1CC(C)NC1CCN(C)C(C)C1. The number of rotatable bonds is 5. The Morgan fingerprint density at radius 1 is 1.40 bits per heavy atom. The molecule has 1 aliphatic heterocycles. The molecule has 1 saturated heterocycles. The first-order valence-corrected chi connectivity index (χ1v) is 7.68. The summed E-state index contributed by atoms with van der Waals surface area (Å²) in [5.74, 6) is 0.998. The van der Waals surface area contributed by atoms with Crippen molar-refractivity contribution in [2.45, 2.75) is 51.2 Å². The van der Waals surface area contributed by atoms with E-state index in [1.54, 1.807) is 7.11 Å². The Balaban J connectivity index is 1.87. The molecule has 1 fully saturated rings. The van der Waals surface area contributed by atoms with Gasteiger partial charge in [0.2, 0.25) is 0 Å². The summed E-state index contributed by atoms with van der Waals surface area (Å²) in [6.07, 6.45) is 3.51. The highest BCUT2D eigenvalue weighted by Gasteiger charge is 2.23. The molecule has 3 atom stereocenters. The van der Waals surface area contributed by atoms with Crippen LogP contribution in [0.15, 0.2) is 24.3 Å². The summed E-state index contributed by atoms with van der Waals surface area (Å²) in [4.78, 5) is 2.45. The zero-order valence-corrected chi connectivity index (χ0v) is 13.2. The van der Waals surface area contributed by atoms with E-state index in [9.17, 15) is 0 Å². The van der Waals surface area contributed by atoms with Gasteiger partial charge >= 0.3 is 0 Å².